The quantitative estimate of drug-likeness (QED) is 0.500. The summed E-state index contributed by atoms with van der Waals surface area (Å²) < 4.78 is 0. The van der Waals surface area contributed by atoms with Crippen molar-refractivity contribution in [3.63, 3.8) is 0 Å². The molecule has 0 aromatic rings. The Morgan fingerprint density at radius 1 is 0.667 bits per heavy atom. The van der Waals surface area contributed by atoms with Crippen molar-refractivity contribution in [2.45, 2.75) is 0 Å². The Hall–Kier alpha value is 0.350. The number of hydrogen-bond donors (Lipinski definition) is 0. The Kier molecular flexibility index (Phi) is 3.74. The van der Waals surface area contributed by atoms with Gasteiger partial charge in [0.25, 0.3) is 0 Å². The van der Waals surface area contributed by atoms with E-state index in [0.29, 0.717) is 0 Å². The van der Waals surface area contributed by atoms with Crippen LogP contribution < -0.4 is 0 Å². The van der Waals surface area contributed by atoms with Gasteiger partial charge in [0.15, 0.2) is 0 Å². The molecular formula is C5H8In. The molecule has 0 heterocycles. The van der Waals surface area contributed by atoms with Crippen LogP contribution in [-0.2, 0) is 0 Å². The van der Waals surface area contributed by atoms with E-state index >= 15 is 0 Å². The van der Waals surface area contributed by atoms with Gasteiger partial charge in [-0.3, -0.25) is 0 Å². The van der Waals surface area contributed by atoms with E-state index in [2.05, 4.69) is 0 Å². The number of hydrogen-bond acceptors (Lipinski definition) is 0. The molecule has 0 amide bonds. The summed E-state index contributed by atoms with van der Waals surface area (Å²) in [6.07, 6.45) is 10.0. The average molecular weight is 183 g/mol. The van der Waals surface area contributed by atoms with Crippen LogP contribution >= 0.6 is 0 Å². The molecule has 0 N–H and O–H groups in total. The van der Waals surface area contributed by atoms with Crippen molar-refractivity contribution in [2.75, 3.05) is 0 Å². The fourth-order valence-electron chi connectivity index (χ4n) is 0.321. The molecule has 0 fully saturated rings. The topological polar surface area (TPSA) is 0 Å². The molecule has 0 saturated carbocycles. The van der Waals surface area contributed by atoms with Crippen LogP contribution in [-0.4, -0.2) is 25.8 Å². The van der Waals surface area contributed by atoms with Crippen molar-refractivity contribution in [3.8, 4) is 0 Å². The van der Waals surface area contributed by atoms with Crippen LogP contribution in [0.25, 0.3) is 0 Å². The van der Waals surface area contributed by atoms with E-state index in [0.717, 1.165) is 0 Å². The summed E-state index contributed by atoms with van der Waals surface area (Å²) in [7, 11) is 0. The Labute approximate surface area is 56.7 Å². The monoisotopic (exact) mass is 183 g/mol. The van der Waals surface area contributed by atoms with Gasteiger partial charge in [-0.2, -0.15) is 0 Å². The van der Waals surface area contributed by atoms with Gasteiger partial charge in [-0.1, -0.05) is 24.3 Å². The van der Waals surface area contributed by atoms with E-state index in [1.165, 1.54) is 0 Å². The average Bonchev–Trinajstić information content (AvgIpc) is 1.76. The van der Waals surface area contributed by atoms with E-state index in [1.54, 1.807) is 0 Å². The van der Waals surface area contributed by atoms with Crippen molar-refractivity contribution in [2.24, 2.45) is 0 Å². The first-order chi connectivity index (χ1) is 2.50. The molecule has 6 heavy (non-hydrogen) atoms. The molecule has 0 unspecified atom stereocenters. The van der Waals surface area contributed by atoms with E-state index in [1.807, 2.05) is 30.7 Å². The van der Waals surface area contributed by atoms with Crippen molar-refractivity contribution in [1.29, 1.82) is 0 Å². The van der Waals surface area contributed by atoms with Crippen molar-refractivity contribution in [1.82, 2.24) is 0 Å². The van der Waals surface area contributed by atoms with E-state index < -0.39 is 0 Å². The zero-order chi connectivity index (χ0) is 3.54. The predicted octanol–water partition coefficient (Wildman–Crippen LogP) is 0.133. The fourth-order valence-corrected chi connectivity index (χ4v) is 0.321. The van der Waals surface area contributed by atoms with E-state index in [9.17, 15) is 0 Å². The van der Waals surface area contributed by atoms with E-state index in [4.69, 9.17) is 0 Å². The standard InChI is InChI=1S/C5H5.In.3H/c1-2-4-5-3-1;;;;/h1-5H;;;;. The number of rotatable bonds is 0. The van der Waals surface area contributed by atoms with Gasteiger partial charge in [-0.15, -0.1) is 0 Å². The summed E-state index contributed by atoms with van der Waals surface area (Å²) in [4.78, 5) is 0. The van der Waals surface area contributed by atoms with Gasteiger partial charge < -0.3 is 0 Å². The van der Waals surface area contributed by atoms with Gasteiger partial charge in [0.1, 0.15) is 0 Å². The minimum absolute atomic E-state index is 0. The van der Waals surface area contributed by atoms with Crippen molar-refractivity contribution < 1.29 is 0 Å². The van der Waals surface area contributed by atoms with Crippen LogP contribution in [0.3, 0.4) is 0 Å². The Bertz CT molecular complexity index is 62.0. The first-order valence-electron chi connectivity index (χ1n) is 1.67. The van der Waals surface area contributed by atoms with Crippen LogP contribution in [0.5, 0.6) is 0 Å². The second-order valence-electron chi connectivity index (χ2n) is 0.962. The Morgan fingerprint density at radius 2 is 1.17 bits per heavy atom. The summed E-state index contributed by atoms with van der Waals surface area (Å²) in [5.41, 5.74) is 0. The first-order valence-corrected chi connectivity index (χ1v) is 1.67. The third-order valence-corrected chi connectivity index (χ3v) is 0.556. The van der Waals surface area contributed by atoms with Crippen LogP contribution in [0.4, 0.5) is 0 Å². The molecule has 31 valence electrons. The molecule has 1 rings (SSSR count). The Morgan fingerprint density at radius 3 is 1.33 bits per heavy atom. The zero-order valence-electron chi connectivity index (χ0n) is 2.89. The molecule has 0 saturated heterocycles. The summed E-state index contributed by atoms with van der Waals surface area (Å²) in [6, 6.07) is 0. The molecule has 0 nitrogen and oxygen atoms in total. The fraction of sp³-hybridized carbons (Fsp3) is 0. The van der Waals surface area contributed by atoms with Crippen LogP contribution in [0, 0.1) is 6.42 Å². The Balaban J connectivity index is 0.000000250. The first kappa shape index (κ1) is 6.35. The van der Waals surface area contributed by atoms with Crippen LogP contribution in [0.2, 0.25) is 0 Å². The molecule has 0 atom stereocenters. The maximum absolute atomic E-state index is 2.00. The van der Waals surface area contributed by atoms with E-state index in [-0.39, 0.29) is 25.8 Å². The molecule has 0 spiro atoms. The van der Waals surface area contributed by atoms with Gasteiger partial charge in [0.05, 0.1) is 0 Å². The van der Waals surface area contributed by atoms with Crippen molar-refractivity contribution in [3.05, 3.63) is 30.7 Å². The summed E-state index contributed by atoms with van der Waals surface area (Å²) in [6.45, 7) is 0. The molecule has 1 aliphatic rings. The maximum atomic E-state index is 2.00. The zero-order valence-corrected chi connectivity index (χ0v) is 2.89. The molecule has 0 aromatic carbocycles. The molecule has 1 radical (unpaired) electrons. The molecule has 1 heteroatoms. The summed E-state index contributed by atoms with van der Waals surface area (Å²) in [5, 5.41) is 0. The number of allylic oxidation sites excluding steroid dienone is 4. The van der Waals surface area contributed by atoms with Gasteiger partial charge in [-0.05, 0) is 0 Å². The molecular weight excluding hydrogens is 175 g/mol. The van der Waals surface area contributed by atoms with Gasteiger partial charge >= 0.3 is 25.8 Å². The molecule has 0 bridgehead atoms. The third kappa shape index (κ3) is 1.71. The third-order valence-electron chi connectivity index (χ3n) is 0.556. The summed E-state index contributed by atoms with van der Waals surface area (Å²) >= 11 is 0. The normalized spacial score (nSPS) is 14.7. The van der Waals surface area contributed by atoms with Crippen LogP contribution in [0.15, 0.2) is 24.3 Å². The molecule has 0 aromatic heterocycles. The molecule has 0 aliphatic heterocycles. The summed E-state index contributed by atoms with van der Waals surface area (Å²) in [5.74, 6) is 0. The second kappa shape index (κ2) is 3.54. The predicted molar refractivity (Wildman–Crippen MR) is 32.5 cm³/mol. The minimum atomic E-state index is 0. The van der Waals surface area contributed by atoms with Crippen LogP contribution in [0.1, 0.15) is 0 Å². The van der Waals surface area contributed by atoms with Gasteiger partial charge in [0.2, 0.25) is 0 Å². The molecule has 1 aliphatic carbocycles. The SMILES string of the molecule is [CH]1C=CC=C1.[InH3]. The second-order valence-corrected chi connectivity index (χ2v) is 0.962. The van der Waals surface area contributed by atoms with Crippen molar-refractivity contribution >= 4 is 25.8 Å². The van der Waals surface area contributed by atoms with Gasteiger partial charge in [-0.25, -0.2) is 0 Å². The van der Waals surface area contributed by atoms with Gasteiger partial charge in [0, 0.05) is 6.42 Å².